The lowest BCUT2D eigenvalue weighted by atomic mass is 10.0. The van der Waals surface area contributed by atoms with E-state index < -0.39 is 0 Å². The first-order valence-electron chi connectivity index (χ1n) is 14.3. The van der Waals surface area contributed by atoms with Gasteiger partial charge in [-0.15, -0.1) is 0 Å². The molecule has 9 heteroatoms. The number of nitrogens with one attached hydrogen (secondary N) is 1. The molecule has 40 heavy (non-hydrogen) atoms. The number of halogens is 1. The van der Waals surface area contributed by atoms with Crippen LogP contribution in [0.1, 0.15) is 30.5 Å². The molecule has 0 amide bonds. The van der Waals surface area contributed by atoms with Crippen LogP contribution in [0, 0.1) is 11.3 Å². The molecule has 3 aromatic rings. The second-order valence-electron chi connectivity index (χ2n) is 11.5. The molecule has 3 fully saturated rings. The number of likely N-dealkylation sites (N-methyl/N-ethyl adjacent to an activating group) is 1. The molecule has 1 aromatic heterocycles. The van der Waals surface area contributed by atoms with Gasteiger partial charge in [-0.25, -0.2) is 0 Å². The molecule has 8 nitrogen and oxygen atoms in total. The summed E-state index contributed by atoms with van der Waals surface area (Å²) in [6.45, 7) is 4.89. The van der Waals surface area contributed by atoms with Crippen LogP contribution in [0.4, 0.5) is 11.5 Å². The third-order valence-corrected chi connectivity index (χ3v) is 9.35. The fourth-order valence-electron chi connectivity index (χ4n) is 6.96. The van der Waals surface area contributed by atoms with Gasteiger partial charge in [-0.2, -0.15) is 15.2 Å². The number of aromatic nitrogens is 2. The number of piperazine rings is 1. The fraction of sp³-hybridized carbons (Fsp3) is 0.452. The molecule has 4 aliphatic heterocycles. The molecule has 1 unspecified atom stereocenters. The average Bonchev–Trinajstić information content (AvgIpc) is 3.51. The van der Waals surface area contributed by atoms with Crippen LogP contribution in [0.2, 0.25) is 5.02 Å². The quantitative estimate of drug-likeness (QED) is 0.466. The minimum Gasteiger partial charge on any atom is -0.462 e. The number of hydrogen-bond acceptors (Lipinski definition) is 8. The lowest BCUT2D eigenvalue weighted by Crippen LogP contribution is -2.52. The molecule has 3 saturated heterocycles. The Bertz CT molecular complexity index is 1510. The highest BCUT2D eigenvalue weighted by molar-refractivity contribution is 6.36. The topological polar surface area (TPSA) is 80.5 Å². The molecular formula is C31H34ClN7O. The molecule has 7 rings (SSSR count). The van der Waals surface area contributed by atoms with Gasteiger partial charge in [0.15, 0.2) is 0 Å². The van der Waals surface area contributed by atoms with E-state index >= 15 is 0 Å². The van der Waals surface area contributed by atoms with Crippen LogP contribution >= 0.6 is 11.6 Å². The zero-order valence-corrected chi connectivity index (χ0v) is 23.6. The first kappa shape index (κ1) is 25.6. The monoisotopic (exact) mass is 555 g/mol. The summed E-state index contributed by atoms with van der Waals surface area (Å²) in [5, 5.41) is 15.9. The van der Waals surface area contributed by atoms with Gasteiger partial charge in [0.25, 0.3) is 0 Å². The standard InChI is InChI=1S/C31H34ClN7O/c1-37-13-4-7-23(37)19-40-31-35-27-18-38(28-9-3-6-20-5-2-8-25(32)29(20)28)14-11-24(27)30(36-31)39-16-22-15-21(10-12-33)26(17-39)34-22/h2-3,5-6,8-10,22-23,26,34H,4,7,11,13-19H2,1H3/b21-10-/t22-,23?,26-/m1/s1. The first-order valence-corrected chi connectivity index (χ1v) is 14.7. The van der Waals surface area contributed by atoms with Gasteiger partial charge in [-0.05, 0) is 62.4 Å². The van der Waals surface area contributed by atoms with Crippen LogP contribution in [-0.4, -0.2) is 72.8 Å². The summed E-state index contributed by atoms with van der Waals surface area (Å²) in [4.78, 5) is 17.2. The van der Waals surface area contributed by atoms with Crippen molar-refractivity contribution in [1.29, 1.82) is 5.26 Å². The van der Waals surface area contributed by atoms with E-state index in [1.54, 1.807) is 6.08 Å². The number of ether oxygens (including phenoxy) is 1. The highest BCUT2D eigenvalue weighted by Gasteiger charge is 2.38. The molecule has 4 aliphatic rings. The van der Waals surface area contributed by atoms with Gasteiger partial charge in [0.2, 0.25) is 0 Å². The van der Waals surface area contributed by atoms with Gasteiger partial charge in [-0.3, -0.25) is 0 Å². The number of likely N-dealkylation sites (tertiary alicyclic amines) is 1. The van der Waals surface area contributed by atoms with Crippen LogP contribution in [0.15, 0.2) is 48.0 Å². The normalized spacial score (nSPS) is 25.4. The smallest absolute Gasteiger partial charge is 0.318 e. The number of nitriles is 1. The van der Waals surface area contributed by atoms with Crippen LogP contribution < -0.4 is 19.9 Å². The van der Waals surface area contributed by atoms with E-state index in [2.05, 4.69) is 57.4 Å². The van der Waals surface area contributed by atoms with Gasteiger partial charge >= 0.3 is 6.01 Å². The predicted octanol–water partition coefficient (Wildman–Crippen LogP) is 4.32. The zero-order chi connectivity index (χ0) is 27.2. The van der Waals surface area contributed by atoms with E-state index in [0.29, 0.717) is 31.2 Å². The van der Waals surface area contributed by atoms with Crippen molar-refractivity contribution in [2.24, 2.45) is 0 Å². The Morgan fingerprint density at radius 3 is 2.85 bits per heavy atom. The number of nitrogens with zero attached hydrogens (tertiary/aromatic N) is 6. The minimum absolute atomic E-state index is 0.179. The Morgan fingerprint density at radius 2 is 2.02 bits per heavy atom. The van der Waals surface area contributed by atoms with Crippen LogP contribution in [0.5, 0.6) is 6.01 Å². The van der Waals surface area contributed by atoms with Crippen LogP contribution in [0.3, 0.4) is 0 Å². The van der Waals surface area contributed by atoms with Gasteiger partial charge in [0.05, 0.1) is 23.3 Å². The Balaban J connectivity index is 1.23. The molecule has 0 saturated carbocycles. The first-order chi connectivity index (χ1) is 19.6. The molecule has 0 spiro atoms. The van der Waals surface area contributed by atoms with Gasteiger partial charge in [0, 0.05) is 60.5 Å². The number of allylic oxidation sites excluding steroid dienone is 1. The third kappa shape index (κ3) is 4.66. The maximum atomic E-state index is 9.27. The highest BCUT2D eigenvalue weighted by atomic mass is 35.5. The zero-order valence-electron chi connectivity index (χ0n) is 22.8. The summed E-state index contributed by atoms with van der Waals surface area (Å²) in [5.41, 5.74) is 4.56. The number of fused-ring (bicyclic) bond motifs is 4. The van der Waals surface area contributed by atoms with E-state index in [9.17, 15) is 5.26 Å². The predicted molar refractivity (Wildman–Crippen MR) is 158 cm³/mol. The van der Waals surface area contributed by atoms with E-state index in [4.69, 9.17) is 26.3 Å². The third-order valence-electron chi connectivity index (χ3n) is 9.03. The van der Waals surface area contributed by atoms with Crippen LogP contribution in [-0.2, 0) is 13.0 Å². The van der Waals surface area contributed by atoms with E-state index in [1.807, 2.05) is 12.1 Å². The van der Waals surface area contributed by atoms with Crippen LogP contribution in [0.25, 0.3) is 10.8 Å². The summed E-state index contributed by atoms with van der Waals surface area (Å²) in [6, 6.07) is 16.0. The van der Waals surface area contributed by atoms with E-state index in [1.165, 1.54) is 17.6 Å². The summed E-state index contributed by atoms with van der Waals surface area (Å²) in [5.74, 6) is 0.991. The van der Waals surface area contributed by atoms with Crippen molar-refractivity contribution in [3.63, 3.8) is 0 Å². The lowest BCUT2D eigenvalue weighted by Gasteiger charge is -2.37. The maximum absolute atomic E-state index is 9.27. The van der Waals surface area contributed by atoms with Gasteiger partial charge < -0.3 is 24.8 Å². The second-order valence-corrected chi connectivity index (χ2v) is 11.9. The number of hydrogen-bond donors (Lipinski definition) is 1. The maximum Gasteiger partial charge on any atom is 0.318 e. The Labute approximate surface area is 240 Å². The highest BCUT2D eigenvalue weighted by Crippen LogP contribution is 2.38. The largest absolute Gasteiger partial charge is 0.462 e. The molecule has 0 radical (unpaired) electrons. The van der Waals surface area contributed by atoms with Crippen molar-refractivity contribution in [3.05, 3.63) is 64.3 Å². The molecule has 2 aromatic carbocycles. The van der Waals surface area contributed by atoms with Crippen molar-refractivity contribution in [2.75, 3.05) is 49.6 Å². The number of rotatable bonds is 5. The number of benzene rings is 2. The minimum atomic E-state index is 0.179. The van der Waals surface area contributed by atoms with Gasteiger partial charge in [0.1, 0.15) is 12.4 Å². The molecule has 206 valence electrons. The van der Waals surface area contributed by atoms with Crippen molar-refractivity contribution >= 4 is 33.9 Å². The summed E-state index contributed by atoms with van der Waals surface area (Å²) in [7, 11) is 2.16. The van der Waals surface area contributed by atoms with Crippen molar-refractivity contribution in [1.82, 2.24) is 20.2 Å². The molecule has 3 atom stereocenters. The fourth-order valence-corrected chi connectivity index (χ4v) is 7.24. The lowest BCUT2D eigenvalue weighted by molar-refractivity contribution is 0.187. The Hall–Kier alpha value is -3.38. The van der Waals surface area contributed by atoms with Crippen molar-refractivity contribution < 1.29 is 4.74 Å². The van der Waals surface area contributed by atoms with Gasteiger partial charge in [-0.1, -0.05) is 35.9 Å². The SMILES string of the molecule is CN1CCCC1COc1nc2c(c(N3C[C@H]4C/C(=C/C#N)[C@@H](C3)N4)n1)CCN(c1cccc3cccc(Cl)c13)C2. The molecule has 2 bridgehead atoms. The van der Waals surface area contributed by atoms with E-state index in [-0.39, 0.29) is 6.04 Å². The van der Waals surface area contributed by atoms with E-state index in [0.717, 1.165) is 78.4 Å². The molecular weight excluding hydrogens is 522 g/mol. The molecule has 0 aliphatic carbocycles. The van der Waals surface area contributed by atoms with Crippen molar-refractivity contribution in [2.45, 2.75) is 50.4 Å². The Morgan fingerprint density at radius 1 is 1.15 bits per heavy atom. The summed E-state index contributed by atoms with van der Waals surface area (Å²) in [6.07, 6.45) is 5.81. The molecule has 5 heterocycles. The van der Waals surface area contributed by atoms with Crippen molar-refractivity contribution in [3.8, 4) is 12.1 Å². The molecule has 1 N–H and O–H groups in total. The average molecular weight is 556 g/mol. The second kappa shape index (κ2) is 10.5. The summed E-state index contributed by atoms with van der Waals surface area (Å²) < 4.78 is 6.32. The summed E-state index contributed by atoms with van der Waals surface area (Å²) >= 11 is 6.70. The number of anilines is 2. The Kier molecular flexibility index (Phi) is 6.74.